The first-order chi connectivity index (χ1) is 10.7. The number of rotatable bonds is 6. The highest BCUT2D eigenvalue weighted by Gasteiger charge is 2.29. The molecule has 1 heterocycles. The molecule has 0 spiro atoms. The molecule has 2 rings (SSSR count). The third-order valence-corrected chi connectivity index (χ3v) is 3.48. The van der Waals surface area contributed by atoms with E-state index in [1.165, 1.54) is 17.0 Å². The van der Waals surface area contributed by atoms with Gasteiger partial charge in [0.25, 0.3) is 5.91 Å². The number of carbonyl (C=O) groups is 1. The normalized spacial score (nSPS) is 18.3. The molecule has 1 atom stereocenters. The zero-order valence-electron chi connectivity index (χ0n) is 12.3. The Morgan fingerprint density at radius 1 is 1.55 bits per heavy atom. The monoisotopic (exact) mass is 312 g/mol. The maximum atomic E-state index is 13.5. The number of carbonyl (C=O) groups excluding carboxylic acids is 1. The highest BCUT2D eigenvalue weighted by molar-refractivity contribution is 5.97. The number of halogens is 1. The van der Waals surface area contributed by atoms with Gasteiger partial charge in [0.2, 0.25) is 0 Å². The van der Waals surface area contributed by atoms with Crippen molar-refractivity contribution in [2.24, 2.45) is 5.73 Å². The van der Waals surface area contributed by atoms with Crippen molar-refractivity contribution >= 4 is 5.91 Å². The first-order valence-corrected chi connectivity index (χ1v) is 7.29. The molecule has 1 aromatic carbocycles. The quantitative estimate of drug-likeness (QED) is 0.742. The summed E-state index contributed by atoms with van der Waals surface area (Å²) in [6.45, 7) is 1.63. The van der Waals surface area contributed by atoms with Gasteiger partial charge in [0.05, 0.1) is 38.0 Å². The lowest BCUT2D eigenvalue weighted by atomic mass is 10.1. The van der Waals surface area contributed by atoms with Crippen LogP contribution in [0.15, 0.2) is 18.2 Å². The largest absolute Gasteiger partial charge is 0.493 e. The summed E-state index contributed by atoms with van der Waals surface area (Å²) >= 11 is 0. The van der Waals surface area contributed by atoms with Gasteiger partial charge in [-0.2, -0.15) is 0 Å². The molecule has 1 amide bonds. The van der Waals surface area contributed by atoms with E-state index in [0.29, 0.717) is 38.5 Å². The van der Waals surface area contributed by atoms with E-state index in [9.17, 15) is 14.3 Å². The van der Waals surface area contributed by atoms with Crippen LogP contribution in [0.25, 0.3) is 0 Å². The standard InChI is InChI=1S/C15H21FN2O4/c16-11-2-3-14(22-6-1-4-17)13(8-11)15(20)18-5-7-21-10-12(18)9-19/h2-3,8,12,19H,1,4-7,9-10,17H2/t12-/m0/s1. The van der Waals surface area contributed by atoms with E-state index in [-0.39, 0.29) is 24.7 Å². The fraction of sp³-hybridized carbons (Fsp3) is 0.533. The Morgan fingerprint density at radius 3 is 3.09 bits per heavy atom. The number of hydrogen-bond acceptors (Lipinski definition) is 5. The molecule has 3 N–H and O–H groups in total. The molecule has 0 unspecified atom stereocenters. The second-order valence-electron chi connectivity index (χ2n) is 5.04. The Bertz CT molecular complexity index is 512. The van der Waals surface area contributed by atoms with E-state index in [1.807, 2.05) is 0 Å². The SMILES string of the molecule is NCCCOc1ccc(F)cc1C(=O)N1CCOC[C@@H]1CO. The van der Waals surface area contributed by atoms with Gasteiger partial charge in [0.1, 0.15) is 11.6 Å². The van der Waals surface area contributed by atoms with Gasteiger partial charge >= 0.3 is 0 Å². The van der Waals surface area contributed by atoms with Crippen molar-refractivity contribution in [3.63, 3.8) is 0 Å². The molecule has 0 aromatic heterocycles. The lowest BCUT2D eigenvalue weighted by Crippen LogP contribution is -2.50. The second-order valence-corrected chi connectivity index (χ2v) is 5.04. The fourth-order valence-electron chi connectivity index (χ4n) is 2.29. The van der Waals surface area contributed by atoms with Crippen LogP contribution in [0.3, 0.4) is 0 Å². The summed E-state index contributed by atoms with van der Waals surface area (Å²) in [7, 11) is 0. The summed E-state index contributed by atoms with van der Waals surface area (Å²) in [6, 6.07) is 3.41. The highest BCUT2D eigenvalue weighted by Crippen LogP contribution is 2.23. The average Bonchev–Trinajstić information content (AvgIpc) is 2.55. The Labute approximate surface area is 128 Å². The Balaban J connectivity index is 2.21. The molecule has 0 aliphatic carbocycles. The number of aliphatic hydroxyl groups is 1. The zero-order valence-corrected chi connectivity index (χ0v) is 12.3. The number of ether oxygens (including phenoxy) is 2. The molecule has 1 fully saturated rings. The number of hydrogen-bond donors (Lipinski definition) is 2. The minimum Gasteiger partial charge on any atom is -0.493 e. The zero-order chi connectivity index (χ0) is 15.9. The van der Waals surface area contributed by atoms with Crippen LogP contribution in [0.4, 0.5) is 4.39 Å². The number of morpholine rings is 1. The van der Waals surface area contributed by atoms with Gasteiger partial charge in [-0.3, -0.25) is 4.79 Å². The maximum Gasteiger partial charge on any atom is 0.258 e. The Morgan fingerprint density at radius 2 is 2.36 bits per heavy atom. The summed E-state index contributed by atoms with van der Waals surface area (Å²) in [6.07, 6.45) is 0.641. The first-order valence-electron chi connectivity index (χ1n) is 7.29. The summed E-state index contributed by atoms with van der Waals surface area (Å²) in [5, 5.41) is 9.36. The summed E-state index contributed by atoms with van der Waals surface area (Å²) in [5.74, 6) is -0.559. The minimum absolute atomic E-state index is 0.150. The van der Waals surface area contributed by atoms with Crippen molar-refractivity contribution in [2.75, 3.05) is 39.5 Å². The summed E-state index contributed by atoms with van der Waals surface area (Å²) in [4.78, 5) is 14.2. The molecule has 1 saturated heterocycles. The van der Waals surface area contributed by atoms with Crippen LogP contribution in [0.1, 0.15) is 16.8 Å². The van der Waals surface area contributed by atoms with E-state index < -0.39 is 11.9 Å². The van der Waals surface area contributed by atoms with Gasteiger partial charge in [-0.25, -0.2) is 4.39 Å². The van der Waals surface area contributed by atoms with E-state index in [4.69, 9.17) is 15.2 Å². The third-order valence-electron chi connectivity index (χ3n) is 3.48. The summed E-state index contributed by atoms with van der Waals surface area (Å²) < 4.78 is 24.3. The average molecular weight is 312 g/mol. The van der Waals surface area contributed by atoms with Gasteiger partial charge in [-0.1, -0.05) is 0 Å². The topological polar surface area (TPSA) is 85.0 Å². The minimum atomic E-state index is -0.511. The number of benzene rings is 1. The molecule has 7 heteroatoms. The molecule has 6 nitrogen and oxygen atoms in total. The number of nitrogens with zero attached hydrogens (tertiary/aromatic N) is 1. The molecule has 0 radical (unpaired) electrons. The van der Waals surface area contributed by atoms with Gasteiger partial charge in [0.15, 0.2) is 0 Å². The lowest BCUT2D eigenvalue weighted by Gasteiger charge is -2.34. The van der Waals surface area contributed by atoms with Crippen LogP contribution in [-0.2, 0) is 4.74 Å². The van der Waals surface area contributed by atoms with E-state index >= 15 is 0 Å². The van der Waals surface area contributed by atoms with Gasteiger partial charge in [-0.15, -0.1) is 0 Å². The number of nitrogens with two attached hydrogens (primary N) is 1. The van der Waals surface area contributed by atoms with Crippen molar-refractivity contribution in [2.45, 2.75) is 12.5 Å². The Kier molecular flexibility index (Phi) is 6.11. The molecule has 22 heavy (non-hydrogen) atoms. The molecular weight excluding hydrogens is 291 g/mol. The van der Waals surface area contributed by atoms with Gasteiger partial charge in [0, 0.05) is 6.54 Å². The highest BCUT2D eigenvalue weighted by atomic mass is 19.1. The van der Waals surface area contributed by atoms with E-state index in [2.05, 4.69) is 0 Å². The van der Waals surface area contributed by atoms with E-state index in [0.717, 1.165) is 6.07 Å². The molecule has 122 valence electrons. The molecular formula is C15H21FN2O4. The predicted molar refractivity (Wildman–Crippen MR) is 78.3 cm³/mol. The van der Waals surface area contributed by atoms with Crippen molar-refractivity contribution < 1.29 is 23.8 Å². The number of amides is 1. The molecule has 0 bridgehead atoms. The molecule has 1 aromatic rings. The smallest absolute Gasteiger partial charge is 0.258 e. The van der Waals surface area contributed by atoms with Crippen LogP contribution < -0.4 is 10.5 Å². The van der Waals surface area contributed by atoms with Crippen molar-refractivity contribution in [1.82, 2.24) is 4.90 Å². The molecule has 1 aliphatic rings. The third kappa shape index (κ3) is 3.94. The maximum absolute atomic E-state index is 13.5. The van der Waals surface area contributed by atoms with Gasteiger partial charge < -0.3 is 25.2 Å². The van der Waals surface area contributed by atoms with Crippen molar-refractivity contribution in [1.29, 1.82) is 0 Å². The number of aliphatic hydroxyl groups excluding tert-OH is 1. The molecule has 0 saturated carbocycles. The van der Waals surface area contributed by atoms with E-state index in [1.54, 1.807) is 0 Å². The predicted octanol–water partition coefficient (Wildman–Crippen LogP) is 0.387. The first kappa shape index (κ1) is 16.7. The van der Waals surface area contributed by atoms with Crippen LogP contribution in [0.5, 0.6) is 5.75 Å². The fourth-order valence-corrected chi connectivity index (χ4v) is 2.29. The van der Waals surface area contributed by atoms with Crippen molar-refractivity contribution in [3.05, 3.63) is 29.6 Å². The van der Waals surface area contributed by atoms with Crippen molar-refractivity contribution in [3.8, 4) is 5.75 Å². The molecule has 1 aliphatic heterocycles. The summed E-state index contributed by atoms with van der Waals surface area (Å²) in [5.41, 5.74) is 5.56. The van der Waals surface area contributed by atoms with Crippen LogP contribution in [-0.4, -0.2) is 61.5 Å². The second kappa shape index (κ2) is 8.07. The van der Waals surface area contributed by atoms with Gasteiger partial charge in [-0.05, 0) is 31.2 Å². The van der Waals surface area contributed by atoms with Crippen LogP contribution in [0, 0.1) is 5.82 Å². The van der Waals surface area contributed by atoms with Crippen LogP contribution in [0.2, 0.25) is 0 Å². The van der Waals surface area contributed by atoms with Crippen LogP contribution >= 0.6 is 0 Å². The Hall–Kier alpha value is -1.70. The lowest BCUT2D eigenvalue weighted by molar-refractivity contribution is -0.0185.